The molecule has 1 atom stereocenters. The van der Waals surface area contributed by atoms with Gasteiger partial charge in [-0.25, -0.2) is 0 Å². The third-order valence-corrected chi connectivity index (χ3v) is 3.55. The standard InChI is InChI=1S/C14H30S/c1-3-5-7-9-11-13-14(15)12-10-8-6-4-2/h14-15H,3-13H2,1-2H3. The molecule has 92 valence electrons. The second-order valence-corrected chi connectivity index (χ2v) is 5.44. The maximum Gasteiger partial charge on any atom is 0.00168 e. The Kier molecular flexibility index (Phi) is 12.7. The average molecular weight is 230 g/mol. The van der Waals surface area contributed by atoms with Gasteiger partial charge in [-0.3, -0.25) is 0 Å². The van der Waals surface area contributed by atoms with Crippen LogP contribution in [0.3, 0.4) is 0 Å². The van der Waals surface area contributed by atoms with Crippen LogP contribution in [0.15, 0.2) is 0 Å². The fourth-order valence-corrected chi connectivity index (χ4v) is 2.30. The SMILES string of the molecule is CCCCCCCC(S)CCCCCC. The largest absolute Gasteiger partial charge is 0.176 e. The van der Waals surface area contributed by atoms with Crippen molar-refractivity contribution >= 4 is 12.6 Å². The van der Waals surface area contributed by atoms with E-state index in [0.717, 1.165) is 0 Å². The van der Waals surface area contributed by atoms with Crippen LogP contribution in [0.2, 0.25) is 0 Å². The average Bonchev–Trinajstić information content (AvgIpc) is 2.24. The maximum absolute atomic E-state index is 4.66. The van der Waals surface area contributed by atoms with Gasteiger partial charge in [0.05, 0.1) is 0 Å². The first-order chi connectivity index (χ1) is 7.31. The fourth-order valence-electron chi connectivity index (χ4n) is 1.93. The van der Waals surface area contributed by atoms with E-state index < -0.39 is 0 Å². The molecule has 0 amide bonds. The third kappa shape index (κ3) is 12.3. The van der Waals surface area contributed by atoms with Gasteiger partial charge in [-0.1, -0.05) is 71.6 Å². The lowest BCUT2D eigenvalue weighted by Gasteiger charge is -2.09. The molecule has 0 saturated heterocycles. The predicted octanol–water partition coefficient (Wildman–Crippen LogP) is 5.62. The van der Waals surface area contributed by atoms with E-state index in [1.807, 2.05) is 0 Å². The first-order valence-electron chi connectivity index (χ1n) is 6.99. The van der Waals surface area contributed by atoms with Gasteiger partial charge in [0, 0.05) is 5.25 Å². The fraction of sp³-hybridized carbons (Fsp3) is 1.00. The topological polar surface area (TPSA) is 0 Å². The highest BCUT2D eigenvalue weighted by Crippen LogP contribution is 2.16. The summed E-state index contributed by atoms with van der Waals surface area (Å²) in [5.74, 6) is 0. The molecule has 0 aliphatic carbocycles. The minimum absolute atomic E-state index is 0.670. The van der Waals surface area contributed by atoms with E-state index in [-0.39, 0.29) is 0 Å². The zero-order valence-corrected chi connectivity index (χ0v) is 11.7. The Hall–Kier alpha value is 0.350. The number of rotatable bonds is 11. The van der Waals surface area contributed by atoms with Gasteiger partial charge in [0.2, 0.25) is 0 Å². The van der Waals surface area contributed by atoms with Crippen molar-refractivity contribution in [2.75, 3.05) is 0 Å². The predicted molar refractivity (Wildman–Crippen MR) is 74.9 cm³/mol. The summed E-state index contributed by atoms with van der Waals surface area (Å²) in [6, 6.07) is 0. The van der Waals surface area contributed by atoms with Gasteiger partial charge < -0.3 is 0 Å². The van der Waals surface area contributed by atoms with Gasteiger partial charge in [0.25, 0.3) is 0 Å². The van der Waals surface area contributed by atoms with E-state index in [4.69, 9.17) is 0 Å². The highest BCUT2D eigenvalue weighted by molar-refractivity contribution is 7.80. The lowest BCUT2D eigenvalue weighted by atomic mass is 10.0. The summed E-state index contributed by atoms with van der Waals surface area (Å²) in [5.41, 5.74) is 0. The summed E-state index contributed by atoms with van der Waals surface area (Å²) in [4.78, 5) is 0. The zero-order valence-electron chi connectivity index (χ0n) is 10.8. The van der Waals surface area contributed by atoms with Crippen LogP contribution in [-0.2, 0) is 0 Å². The smallest absolute Gasteiger partial charge is 0.00168 e. The van der Waals surface area contributed by atoms with Crippen LogP contribution in [0, 0.1) is 0 Å². The molecule has 0 aliphatic rings. The summed E-state index contributed by atoms with van der Waals surface area (Å²) in [6.07, 6.45) is 15.2. The number of unbranched alkanes of at least 4 members (excludes halogenated alkanes) is 7. The van der Waals surface area contributed by atoms with E-state index >= 15 is 0 Å². The summed E-state index contributed by atoms with van der Waals surface area (Å²) in [5, 5.41) is 0.670. The molecule has 15 heavy (non-hydrogen) atoms. The molecule has 0 N–H and O–H groups in total. The Morgan fingerprint density at radius 3 is 1.53 bits per heavy atom. The summed E-state index contributed by atoms with van der Waals surface area (Å²) in [7, 11) is 0. The van der Waals surface area contributed by atoms with Crippen molar-refractivity contribution < 1.29 is 0 Å². The van der Waals surface area contributed by atoms with E-state index in [1.165, 1.54) is 70.6 Å². The highest BCUT2D eigenvalue weighted by atomic mass is 32.1. The number of hydrogen-bond donors (Lipinski definition) is 1. The van der Waals surface area contributed by atoms with Crippen molar-refractivity contribution in [3.8, 4) is 0 Å². The van der Waals surface area contributed by atoms with Gasteiger partial charge in [-0.15, -0.1) is 0 Å². The summed E-state index contributed by atoms with van der Waals surface area (Å²) < 4.78 is 0. The van der Waals surface area contributed by atoms with E-state index in [0.29, 0.717) is 5.25 Å². The van der Waals surface area contributed by atoms with Crippen LogP contribution in [0.1, 0.15) is 84.5 Å². The van der Waals surface area contributed by atoms with Crippen LogP contribution >= 0.6 is 12.6 Å². The van der Waals surface area contributed by atoms with Gasteiger partial charge in [-0.2, -0.15) is 12.6 Å². The van der Waals surface area contributed by atoms with Crippen molar-refractivity contribution in [2.24, 2.45) is 0 Å². The lowest BCUT2D eigenvalue weighted by Crippen LogP contribution is -1.98. The van der Waals surface area contributed by atoms with Gasteiger partial charge in [-0.05, 0) is 12.8 Å². The quantitative estimate of drug-likeness (QED) is 0.346. The monoisotopic (exact) mass is 230 g/mol. The van der Waals surface area contributed by atoms with Crippen molar-refractivity contribution in [2.45, 2.75) is 89.7 Å². The Morgan fingerprint density at radius 2 is 1.07 bits per heavy atom. The molecule has 0 aromatic carbocycles. The molecule has 0 bridgehead atoms. The molecular weight excluding hydrogens is 200 g/mol. The van der Waals surface area contributed by atoms with Crippen LogP contribution in [0.4, 0.5) is 0 Å². The van der Waals surface area contributed by atoms with Gasteiger partial charge in [0.15, 0.2) is 0 Å². The molecule has 0 aromatic heterocycles. The molecule has 0 rings (SSSR count). The van der Waals surface area contributed by atoms with Crippen LogP contribution in [0.5, 0.6) is 0 Å². The Bertz CT molecular complexity index is 112. The van der Waals surface area contributed by atoms with E-state index in [9.17, 15) is 0 Å². The van der Waals surface area contributed by atoms with E-state index in [1.54, 1.807) is 0 Å². The van der Waals surface area contributed by atoms with Crippen LogP contribution < -0.4 is 0 Å². The Balaban J connectivity index is 3.08. The maximum atomic E-state index is 4.66. The van der Waals surface area contributed by atoms with E-state index in [2.05, 4.69) is 26.5 Å². The molecule has 1 unspecified atom stereocenters. The highest BCUT2D eigenvalue weighted by Gasteiger charge is 2.02. The Morgan fingerprint density at radius 1 is 0.667 bits per heavy atom. The number of hydrogen-bond acceptors (Lipinski definition) is 1. The molecule has 1 heteroatoms. The van der Waals surface area contributed by atoms with Crippen LogP contribution in [0.25, 0.3) is 0 Å². The zero-order chi connectivity index (χ0) is 11.4. The molecule has 0 aromatic rings. The second kappa shape index (κ2) is 12.4. The van der Waals surface area contributed by atoms with Crippen LogP contribution in [-0.4, -0.2) is 5.25 Å². The second-order valence-electron chi connectivity index (χ2n) is 4.71. The first kappa shape index (κ1) is 15.3. The van der Waals surface area contributed by atoms with Crippen molar-refractivity contribution in [3.63, 3.8) is 0 Å². The minimum atomic E-state index is 0.670. The van der Waals surface area contributed by atoms with Gasteiger partial charge >= 0.3 is 0 Å². The number of thiol groups is 1. The molecule has 0 heterocycles. The molecule has 0 nitrogen and oxygen atoms in total. The molecular formula is C14H30S. The first-order valence-corrected chi connectivity index (χ1v) is 7.51. The molecule has 0 aliphatic heterocycles. The van der Waals surface area contributed by atoms with Crippen molar-refractivity contribution in [1.82, 2.24) is 0 Å². The van der Waals surface area contributed by atoms with Crippen molar-refractivity contribution in [3.05, 3.63) is 0 Å². The third-order valence-electron chi connectivity index (χ3n) is 3.03. The molecule has 0 saturated carbocycles. The van der Waals surface area contributed by atoms with Gasteiger partial charge in [0.1, 0.15) is 0 Å². The minimum Gasteiger partial charge on any atom is -0.176 e. The summed E-state index contributed by atoms with van der Waals surface area (Å²) in [6.45, 7) is 4.54. The molecule has 0 fully saturated rings. The molecule has 0 spiro atoms. The lowest BCUT2D eigenvalue weighted by molar-refractivity contribution is 0.558. The normalized spacial score (nSPS) is 13.0. The summed E-state index contributed by atoms with van der Waals surface area (Å²) >= 11 is 4.66. The Labute approximate surface area is 103 Å². The van der Waals surface area contributed by atoms with Crippen molar-refractivity contribution in [1.29, 1.82) is 0 Å². The molecule has 0 radical (unpaired) electrons.